The molecule has 1 rings (SSSR count). The zero-order valence-electron chi connectivity index (χ0n) is 12.6. The minimum Gasteiger partial charge on any atom is -0.373 e. The van der Waals surface area contributed by atoms with Crippen LogP contribution >= 0.6 is 0 Å². The number of anilines is 1. The first-order valence-electron chi connectivity index (χ1n) is 7.20. The SMILES string of the molecule is CCCCN(CCCC)S(=O)(=O)c1ccnc(NC)c1. The topological polar surface area (TPSA) is 62.3 Å². The van der Waals surface area contributed by atoms with Gasteiger partial charge in [-0.25, -0.2) is 13.4 Å². The number of aromatic nitrogens is 1. The molecule has 5 nitrogen and oxygen atoms in total. The third kappa shape index (κ3) is 4.45. The maximum absolute atomic E-state index is 12.7. The van der Waals surface area contributed by atoms with Crippen molar-refractivity contribution in [3.8, 4) is 0 Å². The van der Waals surface area contributed by atoms with Crippen molar-refractivity contribution in [1.82, 2.24) is 9.29 Å². The number of unbranched alkanes of at least 4 members (excludes halogenated alkanes) is 2. The Bertz CT molecular complexity index is 495. The Morgan fingerprint density at radius 2 is 1.80 bits per heavy atom. The van der Waals surface area contributed by atoms with Crippen molar-refractivity contribution in [1.29, 1.82) is 0 Å². The lowest BCUT2D eigenvalue weighted by Crippen LogP contribution is -2.33. The van der Waals surface area contributed by atoms with E-state index < -0.39 is 10.0 Å². The molecule has 6 heteroatoms. The predicted molar refractivity (Wildman–Crippen MR) is 82.4 cm³/mol. The van der Waals surface area contributed by atoms with E-state index in [1.807, 2.05) is 0 Å². The lowest BCUT2D eigenvalue weighted by atomic mass is 10.3. The summed E-state index contributed by atoms with van der Waals surface area (Å²) in [6.07, 6.45) is 5.25. The van der Waals surface area contributed by atoms with Crippen molar-refractivity contribution in [2.24, 2.45) is 0 Å². The summed E-state index contributed by atoms with van der Waals surface area (Å²) in [6.45, 7) is 5.29. The molecule has 0 radical (unpaired) electrons. The van der Waals surface area contributed by atoms with Gasteiger partial charge in [-0.05, 0) is 18.9 Å². The van der Waals surface area contributed by atoms with E-state index in [1.54, 1.807) is 23.5 Å². The van der Waals surface area contributed by atoms with E-state index in [2.05, 4.69) is 24.1 Å². The van der Waals surface area contributed by atoms with Gasteiger partial charge in [0, 0.05) is 32.4 Å². The molecule has 0 aliphatic carbocycles. The van der Waals surface area contributed by atoms with Gasteiger partial charge in [-0.2, -0.15) is 4.31 Å². The minimum absolute atomic E-state index is 0.309. The fraction of sp³-hybridized carbons (Fsp3) is 0.643. The van der Waals surface area contributed by atoms with Crippen LogP contribution in [0, 0.1) is 0 Å². The summed E-state index contributed by atoms with van der Waals surface area (Å²) < 4.78 is 27.0. The zero-order chi connectivity index (χ0) is 15.0. The Balaban J connectivity index is 3.00. The maximum Gasteiger partial charge on any atom is 0.243 e. The summed E-state index contributed by atoms with van der Waals surface area (Å²) in [6, 6.07) is 3.14. The van der Waals surface area contributed by atoms with Gasteiger partial charge < -0.3 is 5.32 Å². The van der Waals surface area contributed by atoms with E-state index in [0.29, 0.717) is 23.8 Å². The van der Waals surface area contributed by atoms with Gasteiger partial charge in [0.25, 0.3) is 0 Å². The molecule has 1 aromatic heterocycles. The number of pyridine rings is 1. The summed E-state index contributed by atoms with van der Waals surface area (Å²) >= 11 is 0. The second kappa shape index (κ2) is 8.21. The van der Waals surface area contributed by atoms with E-state index in [4.69, 9.17) is 0 Å². The van der Waals surface area contributed by atoms with Gasteiger partial charge in [0.05, 0.1) is 4.90 Å². The summed E-state index contributed by atoms with van der Waals surface area (Å²) in [5.41, 5.74) is 0. The van der Waals surface area contributed by atoms with Gasteiger partial charge in [0.15, 0.2) is 0 Å². The first-order chi connectivity index (χ1) is 9.56. The molecule has 0 atom stereocenters. The Morgan fingerprint density at radius 1 is 1.20 bits per heavy atom. The van der Waals surface area contributed by atoms with Crippen LogP contribution in [0.3, 0.4) is 0 Å². The van der Waals surface area contributed by atoms with Gasteiger partial charge in [-0.15, -0.1) is 0 Å². The maximum atomic E-state index is 12.7. The molecule has 1 aromatic rings. The molecule has 0 saturated carbocycles. The summed E-state index contributed by atoms with van der Waals surface area (Å²) in [7, 11) is -1.70. The average molecular weight is 299 g/mol. The van der Waals surface area contributed by atoms with E-state index in [0.717, 1.165) is 25.7 Å². The van der Waals surface area contributed by atoms with Crippen molar-refractivity contribution in [2.75, 3.05) is 25.5 Å². The number of hydrogen-bond acceptors (Lipinski definition) is 4. The van der Waals surface area contributed by atoms with Crippen LogP contribution < -0.4 is 5.32 Å². The lowest BCUT2D eigenvalue weighted by Gasteiger charge is -2.22. The second-order valence-electron chi connectivity index (χ2n) is 4.74. The number of nitrogens with one attached hydrogen (secondary N) is 1. The van der Waals surface area contributed by atoms with Gasteiger partial charge in [0.1, 0.15) is 5.82 Å². The molecule has 114 valence electrons. The fourth-order valence-electron chi connectivity index (χ4n) is 1.88. The van der Waals surface area contributed by atoms with E-state index in [-0.39, 0.29) is 0 Å². The highest BCUT2D eigenvalue weighted by Crippen LogP contribution is 2.19. The highest BCUT2D eigenvalue weighted by Gasteiger charge is 2.23. The van der Waals surface area contributed by atoms with Gasteiger partial charge in [-0.1, -0.05) is 26.7 Å². The standard InChI is InChI=1S/C14H25N3O2S/c1-4-6-10-17(11-7-5-2)20(18,19)13-8-9-16-14(12-13)15-3/h8-9,12H,4-7,10-11H2,1-3H3,(H,15,16). The number of hydrogen-bond donors (Lipinski definition) is 1. The van der Waals surface area contributed by atoms with Crippen molar-refractivity contribution in [2.45, 2.75) is 44.4 Å². The molecule has 0 spiro atoms. The number of rotatable bonds is 9. The molecule has 0 aliphatic heterocycles. The first-order valence-corrected chi connectivity index (χ1v) is 8.64. The average Bonchev–Trinajstić information content (AvgIpc) is 2.47. The third-order valence-corrected chi connectivity index (χ3v) is 5.04. The Kier molecular flexibility index (Phi) is 6.95. The summed E-state index contributed by atoms with van der Waals surface area (Å²) in [4.78, 5) is 4.37. The van der Waals surface area contributed by atoms with Crippen LogP contribution in [0.1, 0.15) is 39.5 Å². The van der Waals surface area contributed by atoms with Gasteiger partial charge >= 0.3 is 0 Å². The normalized spacial score (nSPS) is 11.8. The third-order valence-electron chi connectivity index (χ3n) is 3.15. The molecule has 0 aliphatic rings. The molecule has 0 saturated heterocycles. The lowest BCUT2D eigenvalue weighted by molar-refractivity contribution is 0.395. The number of sulfonamides is 1. The van der Waals surface area contributed by atoms with Crippen molar-refractivity contribution < 1.29 is 8.42 Å². The van der Waals surface area contributed by atoms with Crippen LogP contribution in [0.4, 0.5) is 5.82 Å². The molecule has 0 fully saturated rings. The number of nitrogens with zero attached hydrogens (tertiary/aromatic N) is 2. The minimum atomic E-state index is -3.42. The molecule has 1 N–H and O–H groups in total. The van der Waals surface area contributed by atoms with Crippen molar-refractivity contribution >= 4 is 15.8 Å². The van der Waals surface area contributed by atoms with E-state index in [1.165, 1.54) is 6.20 Å². The molecular formula is C14H25N3O2S. The molecule has 0 aromatic carbocycles. The molecule has 0 amide bonds. The smallest absolute Gasteiger partial charge is 0.243 e. The summed E-state index contributed by atoms with van der Waals surface area (Å²) in [5, 5.41) is 2.87. The largest absolute Gasteiger partial charge is 0.373 e. The molecule has 1 heterocycles. The van der Waals surface area contributed by atoms with Crippen LogP contribution in [-0.4, -0.2) is 37.8 Å². The van der Waals surface area contributed by atoms with Crippen LogP contribution in [0.15, 0.2) is 23.2 Å². The Morgan fingerprint density at radius 3 is 2.30 bits per heavy atom. The Hall–Kier alpha value is -1.14. The molecule has 0 unspecified atom stereocenters. The molecule has 0 bridgehead atoms. The van der Waals surface area contributed by atoms with Crippen LogP contribution in [0.5, 0.6) is 0 Å². The predicted octanol–water partition coefficient (Wildman–Crippen LogP) is 2.71. The van der Waals surface area contributed by atoms with Crippen molar-refractivity contribution in [3.05, 3.63) is 18.3 Å². The first kappa shape index (κ1) is 16.9. The summed E-state index contributed by atoms with van der Waals surface area (Å²) in [5.74, 6) is 0.567. The molecular weight excluding hydrogens is 274 g/mol. The Labute approximate surface area is 122 Å². The highest BCUT2D eigenvalue weighted by atomic mass is 32.2. The van der Waals surface area contributed by atoms with Crippen molar-refractivity contribution in [3.63, 3.8) is 0 Å². The zero-order valence-corrected chi connectivity index (χ0v) is 13.4. The monoisotopic (exact) mass is 299 g/mol. The van der Waals surface area contributed by atoms with E-state index in [9.17, 15) is 8.42 Å². The van der Waals surface area contributed by atoms with Crippen LogP contribution in [-0.2, 0) is 10.0 Å². The quantitative estimate of drug-likeness (QED) is 0.761. The highest BCUT2D eigenvalue weighted by molar-refractivity contribution is 7.89. The molecule has 20 heavy (non-hydrogen) atoms. The second-order valence-corrected chi connectivity index (χ2v) is 6.68. The fourth-order valence-corrected chi connectivity index (χ4v) is 3.41. The van der Waals surface area contributed by atoms with E-state index >= 15 is 0 Å². The van der Waals surface area contributed by atoms with Crippen LogP contribution in [0.2, 0.25) is 0 Å². The van der Waals surface area contributed by atoms with Gasteiger partial charge in [0.2, 0.25) is 10.0 Å². The van der Waals surface area contributed by atoms with Crippen LogP contribution in [0.25, 0.3) is 0 Å². The van der Waals surface area contributed by atoms with Gasteiger partial charge in [-0.3, -0.25) is 0 Å².